The minimum Gasteiger partial charge on any atom is -0.391 e. The van der Waals surface area contributed by atoms with E-state index in [-0.39, 0.29) is 37.1 Å². The first-order valence-electron chi connectivity index (χ1n) is 14.7. The molecule has 2 fully saturated rings. The molecule has 5 rings (SSSR count). The van der Waals surface area contributed by atoms with Crippen LogP contribution in [0.2, 0.25) is 0 Å². The van der Waals surface area contributed by atoms with E-state index in [9.17, 15) is 23.9 Å². The van der Waals surface area contributed by atoms with E-state index < -0.39 is 35.5 Å². The average Bonchev–Trinajstić information content (AvgIpc) is 3.55. The molecule has 1 aliphatic carbocycles. The zero-order valence-corrected chi connectivity index (χ0v) is 25.0. The van der Waals surface area contributed by atoms with E-state index in [0.29, 0.717) is 17.2 Å². The van der Waals surface area contributed by atoms with Crippen molar-refractivity contribution >= 4 is 23.4 Å². The standard InChI is InChI=1S/C32H39FN6O4/c1-19(21-9-7-10-23(14-21)35-28(41)15-22-8-5-6-11-25(22)33)34-30(42)27-16-24(40)17-38(27)31(43)29(32(2,3)4)39-18-26(36-37-39)20-12-13-20/h5-11,14,18-20,24,27,29,40H,12-13,15-17H2,1-4H3,(H,34,42)(H,35,41)/t19?,24?,27?,29-/m1/s1. The molecule has 10 nitrogen and oxygen atoms in total. The van der Waals surface area contributed by atoms with Gasteiger partial charge in [-0.3, -0.25) is 14.4 Å². The molecule has 3 N–H and O–H groups in total. The minimum absolute atomic E-state index is 0.0472. The molecule has 0 spiro atoms. The number of hydrogen-bond acceptors (Lipinski definition) is 6. The molecule has 1 saturated heterocycles. The number of aliphatic hydroxyl groups is 1. The Morgan fingerprint density at radius 1 is 1.12 bits per heavy atom. The first-order chi connectivity index (χ1) is 20.4. The minimum atomic E-state index is -0.857. The smallest absolute Gasteiger partial charge is 0.248 e. The topological polar surface area (TPSA) is 129 Å². The van der Waals surface area contributed by atoms with Gasteiger partial charge in [-0.25, -0.2) is 9.07 Å². The molecular weight excluding hydrogens is 551 g/mol. The Morgan fingerprint density at radius 3 is 2.56 bits per heavy atom. The van der Waals surface area contributed by atoms with Crippen LogP contribution in [-0.2, 0) is 20.8 Å². The monoisotopic (exact) mass is 590 g/mol. The van der Waals surface area contributed by atoms with Crippen LogP contribution >= 0.6 is 0 Å². The lowest BCUT2D eigenvalue weighted by Gasteiger charge is -2.34. The van der Waals surface area contributed by atoms with Crippen LogP contribution in [0.25, 0.3) is 0 Å². The van der Waals surface area contributed by atoms with Gasteiger partial charge in [-0.15, -0.1) is 5.10 Å². The molecule has 43 heavy (non-hydrogen) atoms. The third kappa shape index (κ3) is 7.10. The van der Waals surface area contributed by atoms with Crippen molar-refractivity contribution in [3.05, 3.63) is 77.4 Å². The van der Waals surface area contributed by atoms with Gasteiger partial charge in [0.25, 0.3) is 0 Å². The van der Waals surface area contributed by atoms with Gasteiger partial charge in [0.05, 0.1) is 24.3 Å². The summed E-state index contributed by atoms with van der Waals surface area (Å²) < 4.78 is 15.6. The first kappa shape index (κ1) is 30.3. The highest BCUT2D eigenvalue weighted by Crippen LogP contribution is 2.40. The van der Waals surface area contributed by atoms with Crippen LogP contribution in [0.3, 0.4) is 0 Å². The van der Waals surface area contributed by atoms with E-state index in [0.717, 1.165) is 24.1 Å². The SMILES string of the molecule is CC(NC(=O)C1CC(O)CN1C(=O)[C@@H](n1cc(C2CC2)nn1)C(C)(C)C)c1cccc(NC(=O)Cc2ccccc2F)c1. The van der Waals surface area contributed by atoms with Gasteiger partial charge in [0.1, 0.15) is 17.9 Å². The molecule has 1 saturated carbocycles. The van der Waals surface area contributed by atoms with Crippen molar-refractivity contribution in [2.24, 2.45) is 5.41 Å². The van der Waals surface area contributed by atoms with Gasteiger partial charge >= 0.3 is 0 Å². The molecular formula is C32H39FN6O4. The second-order valence-corrected chi connectivity index (χ2v) is 12.7. The van der Waals surface area contributed by atoms with E-state index in [1.165, 1.54) is 11.0 Å². The summed E-state index contributed by atoms with van der Waals surface area (Å²) in [4.78, 5) is 41.5. The van der Waals surface area contributed by atoms with Crippen LogP contribution < -0.4 is 10.6 Å². The summed E-state index contributed by atoms with van der Waals surface area (Å²) in [6.45, 7) is 7.69. The molecule has 1 aliphatic heterocycles. The number of amides is 3. The normalized spacial score (nSPS) is 20.0. The summed E-state index contributed by atoms with van der Waals surface area (Å²) in [5.41, 5.74) is 1.90. The van der Waals surface area contributed by atoms with Gasteiger partial charge < -0.3 is 20.6 Å². The van der Waals surface area contributed by atoms with Crippen molar-refractivity contribution in [3.63, 3.8) is 0 Å². The number of likely N-dealkylation sites (tertiary alicyclic amines) is 1. The van der Waals surface area contributed by atoms with E-state index in [1.807, 2.05) is 40.0 Å². The van der Waals surface area contributed by atoms with Crippen LogP contribution in [0.1, 0.15) is 81.8 Å². The summed E-state index contributed by atoms with van der Waals surface area (Å²) in [7, 11) is 0. The quantitative estimate of drug-likeness (QED) is 0.347. The molecule has 2 heterocycles. The Bertz CT molecular complexity index is 1500. The van der Waals surface area contributed by atoms with E-state index in [2.05, 4.69) is 20.9 Å². The number of carbonyl (C=O) groups excluding carboxylic acids is 3. The van der Waals surface area contributed by atoms with Gasteiger partial charge in [-0.2, -0.15) is 0 Å². The zero-order valence-electron chi connectivity index (χ0n) is 25.0. The number of aromatic nitrogens is 3. The Balaban J connectivity index is 1.26. The Morgan fingerprint density at radius 2 is 1.86 bits per heavy atom. The van der Waals surface area contributed by atoms with Gasteiger partial charge in [-0.05, 0) is 54.5 Å². The van der Waals surface area contributed by atoms with E-state index in [1.54, 1.807) is 41.1 Å². The van der Waals surface area contributed by atoms with Crippen molar-refractivity contribution in [1.82, 2.24) is 25.2 Å². The molecule has 2 aliphatic rings. The van der Waals surface area contributed by atoms with Crippen molar-refractivity contribution in [2.75, 3.05) is 11.9 Å². The Hall–Kier alpha value is -4.12. The fourth-order valence-electron chi connectivity index (χ4n) is 5.62. The highest BCUT2D eigenvalue weighted by atomic mass is 19.1. The Kier molecular flexibility index (Phi) is 8.64. The second kappa shape index (κ2) is 12.2. The van der Waals surface area contributed by atoms with Gasteiger partial charge in [-0.1, -0.05) is 56.3 Å². The molecule has 3 aromatic rings. The van der Waals surface area contributed by atoms with Crippen molar-refractivity contribution in [2.45, 2.75) is 83.5 Å². The van der Waals surface area contributed by atoms with E-state index in [4.69, 9.17) is 0 Å². The molecule has 3 amide bonds. The molecule has 4 atom stereocenters. The largest absolute Gasteiger partial charge is 0.391 e. The fourth-order valence-corrected chi connectivity index (χ4v) is 5.62. The number of halogens is 1. The average molecular weight is 591 g/mol. The van der Waals surface area contributed by atoms with Crippen LogP contribution in [0, 0.1) is 11.2 Å². The summed E-state index contributed by atoms with van der Waals surface area (Å²) in [6.07, 6.45) is 3.14. The summed E-state index contributed by atoms with van der Waals surface area (Å²) in [5.74, 6) is -1.08. The summed E-state index contributed by atoms with van der Waals surface area (Å²) >= 11 is 0. The number of nitrogens with zero attached hydrogens (tertiary/aromatic N) is 4. The van der Waals surface area contributed by atoms with Crippen LogP contribution in [0.4, 0.5) is 10.1 Å². The number of carbonyl (C=O) groups is 3. The Labute approximate surface area is 250 Å². The predicted molar refractivity (Wildman–Crippen MR) is 158 cm³/mol. The maximum Gasteiger partial charge on any atom is 0.248 e. The van der Waals surface area contributed by atoms with Gasteiger partial charge in [0.2, 0.25) is 17.7 Å². The second-order valence-electron chi connectivity index (χ2n) is 12.7. The maximum atomic E-state index is 14.0. The summed E-state index contributed by atoms with van der Waals surface area (Å²) in [5, 5.41) is 24.9. The maximum absolute atomic E-state index is 14.0. The zero-order chi connectivity index (χ0) is 30.9. The number of rotatable bonds is 9. The number of benzene rings is 2. The van der Waals surface area contributed by atoms with Crippen LogP contribution in [0.15, 0.2) is 54.7 Å². The number of β-amino-alcohol motifs (C(OH)–C–C–N with tert-alkyl or cyclic N) is 1. The van der Waals surface area contributed by atoms with Crippen molar-refractivity contribution in [1.29, 1.82) is 0 Å². The van der Waals surface area contributed by atoms with Gasteiger partial charge in [0.15, 0.2) is 0 Å². The molecule has 11 heteroatoms. The first-order valence-corrected chi connectivity index (χ1v) is 14.7. The lowest BCUT2D eigenvalue weighted by Crippen LogP contribution is -2.50. The lowest BCUT2D eigenvalue weighted by atomic mass is 9.85. The van der Waals surface area contributed by atoms with Crippen molar-refractivity contribution in [3.8, 4) is 0 Å². The number of anilines is 1. The predicted octanol–water partition coefficient (Wildman–Crippen LogP) is 3.90. The fraction of sp³-hybridized carbons (Fsp3) is 0.469. The molecule has 0 bridgehead atoms. The third-order valence-corrected chi connectivity index (χ3v) is 8.05. The number of nitrogens with one attached hydrogen (secondary N) is 2. The highest BCUT2D eigenvalue weighted by Gasteiger charge is 2.45. The molecule has 2 aromatic carbocycles. The molecule has 0 radical (unpaired) electrons. The van der Waals surface area contributed by atoms with Crippen LogP contribution in [0.5, 0.6) is 0 Å². The third-order valence-electron chi connectivity index (χ3n) is 8.05. The van der Waals surface area contributed by atoms with E-state index >= 15 is 0 Å². The van der Waals surface area contributed by atoms with Gasteiger partial charge in [0, 0.05) is 30.8 Å². The number of hydrogen-bond donors (Lipinski definition) is 3. The molecule has 3 unspecified atom stereocenters. The number of aliphatic hydroxyl groups excluding tert-OH is 1. The molecule has 228 valence electrons. The molecule has 1 aromatic heterocycles. The summed E-state index contributed by atoms with van der Waals surface area (Å²) in [6, 6.07) is 11.2. The van der Waals surface area contributed by atoms with Crippen LogP contribution in [-0.4, -0.2) is 61.4 Å². The van der Waals surface area contributed by atoms with Crippen molar-refractivity contribution < 1.29 is 23.9 Å². The lowest BCUT2D eigenvalue weighted by molar-refractivity contribution is -0.144. The highest BCUT2D eigenvalue weighted by molar-refractivity contribution is 5.92.